The molecular formula is C12H11F6O4P. The van der Waals surface area contributed by atoms with Gasteiger partial charge in [-0.25, -0.2) is 0 Å². The Morgan fingerprint density at radius 1 is 0.913 bits per heavy atom. The van der Waals surface area contributed by atoms with Gasteiger partial charge in [0.05, 0.1) is 0 Å². The van der Waals surface area contributed by atoms with Crippen molar-refractivity contribution in [2.45, 2.75) is 12.4 Å². The summed E-state index contributed by atoms with van der Waals surface area (Å²) >= 11 is 0. The van der Waals surface area contributed by atoms with Gasteiger partial charge in [0.15, 0.2) is 19.0 Å². The minimum absolute atomic E-state index is 0.0426. The summed E-state index contributed by atoms with van der Waals surface area (Å²) in [5.74, 6) is -0.960. The molecule has 0 fully saturated rings. The first kappa shape index (κ1) is 19.7. The van der Waals surface area contributed by atoms with Gasteiger partial charge in [-0.15, -0.1) is 0 Å². The van der Waals surface area contributed by atoms with E-state index in [1.807, 2.05) is 0 Å². The van der Waals surface area contributed by atoms with Crippen LogP contribution in [-0.2, 0) is 13.6 Å². The number of carbonyl (C=O) groups is 1. The molecule has 130 valence electrons. The summed E-state index contributed by atoms with van der Waals surface area (Å²) in [6.45, 7) is -4.19. The van der Waals surface area contributed by atoms with Crippen molar-refractivity contribution in [2.75, 3.05) is 19.4 Å². The third kappa shape index (κ3) is 8.15. The van der Waals surface area contributed by atoms with Crippen molar-refractivity contribution < 1.29 is 44.7 Å². The summed E-state index contributed by atoms with van der Waals surface area (Å²) < 4.78 is 92.6. The monoisotopic (exact) mass is 364 g/mol. The van der Waals surface area contributed by atoms with Gasteiger partial charge in [0.1, 0.15) is 6.16 Å². The number of benzene rings is 1. The standard InChI is InChI=1S/C12H11F6O4P/c13-11(14,15)7-21-23(20,22-8-12(16,17)18)6-10(19)9-4-2-1-3-5-9/h1-5H,6-8H2. The Bertz CT molecular complexity index is 547. The molecule has 0 saturated carbocycles. The highest BCUT2D eigenvalue weighted by molar-refractivity contribution is 7.55. The van der Waals surface area contributed by atoms with Crippen LogP contribution in [0.5, 0.6) is 0 Å². The van der Waals surface area contributed by atoms with Crippen LogP contribution in [0.3, 0.4) is 0 Å². The molecule has 0 unspecified atom stereocenters. The maximum absolute atomic E-state index is 12.1. The third-order valence-electron chi connectivity index (χ3n) is 2.28. The van der Waals surface area contributed by atoms with E-state index in [0.29, 0.717) is 0 Å². The normalized spacial score (nSPS) is 13.1. The van der Waals surface area contributed by atoms with Gasteiger partial charge in [0.2, 0.25) is 0 Å². The molecule has 1 aromatic carbocycles. The number of carbonyl (C=O) groups excluding carboxylic acids is 1. The van der Waals surface area contributed by atoms with Crippen LogP contribution in [0.25, 0.3) is 0 Å². The van der Waals surface area contributed by atoms with E-state index in [9.17, 15) is 35.7 Å². The van der Waals surface area contributed by atoms with Crippen LogP contribution < -0.4 is 0 Å². The van der Waals surface area contributed by atoms with E-state index in [1.54, 1.807) is 0 Å². The number of ketones is 1. The molecule has 0 aliphatic heterocycles. The lowest BCUT2D eigenvalue weighted by atomic mass is 10.2. The Balaban J connectivity index is 2.85. The molecule has 4 nitrogen and oxygen atoms in total. The predicted molar refractivity (Wildman–Crippen MR) is 67.3 cm³/mol. The van der Waals surface area contributed by atoms with E-state index < -0.39 is 45.1 Å². The Kier molecular flexibility index (Phi) is 6.38. The Hall–Kier alpha value is -1.38. The minimum atomic E-state index is -4.94. The van der Waals surface area contributed by atoms with Crippen LogP contribution in [-0.4, -0.2) is 37.5 Å². The van der Waals surface area contributed by atoms with Gasteiger partial charge in [-0.3, -0.25) is 18.4 Å². The van der Waals surface area contributed by atoms with Crippen molar-refractivity contribution in [1.82, 2.24) is 0 Å². The van der Waals surface area contributed by atoms with E-state index in [1.165, 1.54) is 30.3 Å². The molecule has 0 saturated heterocycles. The first-order chi connectivity index (χ1) is 10.4. The van der Waals surface area contributed by atoms with Crippen LogP contribution in [0.2, 0.25) is 0 Å². The van der Waals surface area contributed by atoms with Crippen LogP contribution in [0.4, 0.5) is 26.3 Å². The first-order valence-corrected chi connectivity index (χ1v) is 7.73. The molecule has 0 aliphatic rings. The van der Waals surface area contributed by atoms with Crippen molar-refractivity contribution in [3.8, 4) is 0 Å². The second-order valence-electron chi connectivity index (χ2n) is 4.34. The van der Waals surface area contributed by atoms with Gasteiger partial charge >= 0.3 is 19.9 Å². The highest BCUT2D eigenvalue weighted by Gasteiger charge is 2.39. The number of Topliss-reactive ketones (excluding diaryl/α,β-unsaturated/α-hetero) is 1. The van der Waals surface area contributed by atoms with Crippen molar-refractivity contribution in [1.29, 1.82) is 0 Å². The average molecular weight is 364 g/mol. The van der Waals surface area contributed by atoms with Crippen molar-refractivity contribution in [2.24, 2.45) is 0 Å². The average Bonchev–Trinajstić information content (AvgIpc) is 2.43. The maximum atomic E-state index is 12.1. The molecule has 0 radical (unpaired) electrons. The van der Waals surface area contributed by atoms with Crippen LogP contribution in [0.1, 0.15) is 10.4 Å². The topological polar surface area (TPSA) is 52.6 Å². The van der Waals surface area contributed by atoms with Crippen molar-refractivity contribution >= 4 is 13.4 Å². The predicted octanol–water partition coefficient (Wildman–Crippen LogP) is 4.22. The molecule has 23 heavy (non-hydrogen) atoms. The molecule has 0 atom stereocenters. The number of halogens is 6. The summed E-state index contributed by atoms with van der Waals surface area (Å²) in [4.78, 5) is 11.8. The lowest BCUT2D eigenvalue weighted by Gasteiger charge is -2.19. The molecule has 11 heteroatoms. The molecule has 0 spiro atoms. The van der Waals surface area contributed by atoms with E-state index in [2.05, 4.69) is 9.05 Å². The number of hydrogen-bond acceptors (Lipinski definition) is 4. The van der Waals surface area contributed by atoms with E-state index in [4.69, 9.17) is 0 Å². The highest BCUT2D eigenvalue weighted by atomic mass is 31.2. The summed E-state index contributed by atoms with van der Waals surface area (Å²) in [5, 5.41) is 0. The smallest absolute Gasteiger partial charge is 0.299 e. The summed E-state index contributed by atoms with van der Waals surface area (Å²) in [5.41, 5.74) is -0.0426. The second-order valence-corrected chi connectivity index (χ2v) is 6.39. The number of alkyl halides is 6. The molecule has 0 bridgehead atoms. The molecule has 0 N–H and O–H groups in total. The SMILES string of the molecule is O=C(CP(=O)(OCC(F)(F)F)OCC(F)(F)F)c1ccccc1. The second kappa shape index (κ2) is 7.46. The molecule has 0 heterocycles. The molecule has 1 aromatic rings. The first-order valence-electron chi connectivity index (χ1n) is 6.00. The van der Waals surface area contributed by atoms with E-state index in [-0.39, 0.29) is 5.56 Å². The highest BCUT2D eigenvalue weighted by Crippen LogP contribution is 2.50. The fourth-order valence-corrected chi connectivity index (χ4v) is 2.84. The van der Waals surface area contributed by atoms with Crippen LogP contribution in [0.15, 0.2) is 30.3 Å². The number of rotatable bonds is 7. The Morgan fingerprint density at radius 3 is 1.74 bits per heavy atom. The Morgan fingerprint density at radius 2 is 1.35 bits per heavy atom. The van der Waals surface area contributed by atoms with Gasteiger partial charge in [-0.05, 0) is 0 Å². The molecule has 1 rings (SSSR count). The summed E-state index contributed by atoms with van der Waals surface area (Å²) in [6, 6.07) is 6.91. The van der Waals surface area contributed by atoms with Gasteiger partial charge in [-0.2, -0.15) is 26.3 Å². The van der Waals surface area contributed by atoms with E-state index in [0.717, 1.165) is 0 Å². The van der Waals surface area contributed by atoms with Gasteiger partial charge < -0.3 is 0 Å². The molecular weight excluding hydrogens is 353 g/mol. The summed E-state index contributed by atoms with van der Waals surface area (Å²) in [6.07, 6.45) is -11.1. The molecule has 0 aromatic heterocycles. The lowest BCUT2D eigenvalue weighted by molar-refractivity contribution is -0.165. The maximum Gasteiger partial charge on any atom is 0.412 e. The van der Waals surface area contributed by atoms with Gasteiger partial charge in [0, 0.05) is 5.56 Å². The zero-order valence-electron chi connectivity index (χ0n) is 11.4. The van der Waals surface area contributed by atoms with Gasteiger partial charge in [0.25, 0.3) is 0 Å². The minimum Gasteiger partial charge on any atom is -0.299 e. The fourth-order valence-electron chi connectivity index (χ4n) is 1.36. The quantitative estimate of drug-likeness (QED) is 0.413. The molecule has 0 aliphatic carbocycles. The van der Waals surface area contributed by atoms with Crippen molar-refractivity contribution in [3.63, 3.8) is 0 Å². The zero-order valence-corrected chi connectivity index (χ0v) is 12.3. The number of hydrogen-bond donors (Lipinski definition) is 0. The van der Waals surface area contributed by atoms with Crippen molar-refractivity contribution in [3.05, 3.63) is 35.9 Å². The largest absolute Gasteiger partial charge is 0.412 e. The van der Waals surface area contributed by atoms with E-state index >= 15 is 0 Å². The van der Waals surface area contributed by atoms with Gasteiger partial charge in [-0.1, -0.05) is 30.3 Å². The third-order valence-corrected chi connectivity index (χ3v) is 4.00. The lowest BCUT2D eigenvalue weighted by Crippen LogP contribution is -2.22. The van der Waals surface area contributed by atoms with Crippen LogP contribution in [0, 0.1) is 0 Å². The fraction of sp³-hybridized carbons (Fsp3) is 0.417. The molecule has 0 amide bonds. The van der Waals surface area contributed by atoms with Crippen LogP contribution >= 0.6 is 7.60 Å². The summed E-state index contributed by atoms with van der Waals surface area (Å²) in [7, 11) is -4.92. The Labute approximate surface area is 126 Å². The zero-order chi connectivity index (χ0) is 17.7.